The number of aromatic nitrogens is 4. The van der Waals surface area contributed by atoms with Crippen LogP contribution in [-0.2, 0) is 74.7 Å². The minimum atomic E-state index is -1.33. The van der Waals surface area contributed by atoms with Crippen molar-refractivity contribution < 1.29 is 61.9 Å². The zero-order valence-electron chi connectivity index (χ0n) is 39.2. The van der Waals surface area contributed by atoms with Crippen LogP contribution in [0.15, 0.2) is 18.2 Å². The van der Waals surface area contributed by atoms with Crippen molar-refractivity contribution in [1.29, 1.82) is 0 Å². The van der Waals surface area contributed by atoms with Crippen molar-refractivity contribution in [1.82, 2.24) is 19.9 Å². The molecule has 3 aliphatic rings. The number of aryl methyl sites for hydroxylation is 3. The summed E-state index contributed by atoms with van der Waals surface area (Å²) in [5.74, 6) is -3.14. The maximum atomic E-state index is 13.2. The first kappa shape index (κ1) is 48.5. The molecule has 3 aromatic rings. The number of H-pyrrole nitrogens is 2. The van der Waals surface area contributed by atoms with Crippen LogP contribution in [0.4, 0.5) is 0 Å². The molecule has 2 N–H and O–H groups in total. The Kier molecular flexibility index (Phi) is 15.3. The van der Waals surface area contributed by atoms with Crippen LogP contribution in [-0.4, -0.2) is 107 Å². The Balaban J connectivity index is 1.33. The molecule has 17 heteroatoms. The largest absolute Gasteiger partial charge is 0.465 e. The van der Waals surface area contributed by atoms with Crippen molar-refractivity contribution in [3.8, 4) is 0 Å². The molecule has 3 aromatic heterocycles. The summed E-state index contributed by atoms with van der Waals surface area (Å²) in [5.41, 5.74) is 12.7. The van der Waals surface area contributed by atoms with Crippen molar-refractivity contribution in [3.05, 3.63) is 68.8 Å². The molecule has 0 saturated carbocycles. The SMILES string of the molecule is CCc1c(C)c2cc3[nH]c(cc4nc(c(C)c5nc(cc1[nH]2)C(C)=C5C(=O)OC)C[C@@H]4C)c(C)c3C(C)OCCCO[C@@H]1O[C@H](COC(C)=O)[C@@H](OC(C)=O)[C@H](OC(C)=O)[C@H]1OC(C)=O. The van der Waals surface area contributed by atoms with E-state index in [1.165, 1.54) is 21.0 Å². The summed E-state index contributed by atoms with van der Waals surface area (Å²) < 4.78 is 45.6. The van der Waals surface area contributed by atoms with Crippen molar-refractivity contribution in [3.63, 3.8) is 0 Å². The molecule has 0 aromatic carbocycles. The fraction of sp³-hybridized carbons (Fsp3) is 0.521. The van der Waals surface area contributed by atoms with E-state index in [0.717, 1.165) is 87.1 Å². The third-order valence-electron chi connectivity index (χ3n) is 12.0. The van der Waals surface area contributed by atoms with Crippen LogP contribution in [0.5, 0.6) is 0 Å². The second kappa shape index (κ2) is 20.5. The summed E-state index contributed by atoms with van der Waals surface area (Å²) in [4.78, 5) is 79.0. The summed E-state index contributed by atoms with van der Waals surface area (Å²) >= 11 is 0. The zero-order valence-corrected chi connectivity index (χ0v) is 39.2. The van der Waals surface area contributed by atoms with E-state index >= 15 is 0 Å². The highest BCUT2D eigenvalue weighted by Crippen LogP contribution is 2.37. The molecule has 6 heterocycles. The summed E-state index contributed by atoms with van der Waals surface area (Å²) in [6, 6.07) is 6.17. The van der Waals surface area contributed by atoms with Crippen LogP contribution in [0.25, 0.3) is 33.2 Å². The minimum absolute atomic E-state index is 0.0541. The van der Waals surface area contributed by atoms with Crippen molar-refractivity contribution in [2.45, 2.75) is 138 Å². The number of rotatable bonds is 14. The number of esters is 5. The van der Waals surface area contributed by atoms with Crippen molar-refractivity contribution in [2.75, 3.05) is 26.9 Å². The highest BCUT2D eigenvalue weighted by atomic mass is 16.7. The molecule has 8 bridgehead atoms. The van der Waals surface area contributed by atoms with Gasteiger partial charge >= 0.3 is 29.8 Å². The molecule has 17 nitrogen and oxygen atoms in total. The van der Waals surface area contributed by atoms with Crippen molar-refractivity contribution in [2.24, 2.45) is 0 Å². The quantitative estimate of drug-likeness (QED) is 0.0964. The zero-order chi connectivity index (χ0) is 47.4. The van der Waals surface area contributed by atoms with Gasteiger partial charge in [-0.05, 0) is 99.9 Å². The lowest BCUT2D eigenvalue weighted by molar-refractivity contribution is -0.308. The number of allylic oxidation sites excluding steroid dienone is 1. The van der Waals surface area contributed by atoms with Gasteiger partial charge in [0.25, 0.3) is 0 Å². The van der Waals surface area contributed by atoms with Gasteiger partial charge in [0, 0.05) is 79.2 Å². The number of hydrogen-bond acceptors (Lipinski definition) is 15. The fourth-order valence-corrected chi connectivity index (χ4v) is 8.77. The second-order valence-electron chi connectivity index (χ2n) is 16.7. The van der Waals surface area contributed by atoms with Crippen LogP contribution in [0.3, 0.4) is 0 Å². The van der Waals surface area contributed by atoms with E-state index in [2.05, 4.69) is 49.8 Å². The number of aromatic amines is 2. The van der Waals surface area contributed by atoms with Gasteiger partial charge in [-0.2, -0.15) is 0 Å². The molecule has 6 rings (SSSR count). The number of methoxy groups -OCH3 is 1. The number of carbonyl (C=O) groups is 5. The van der Waals surface area contributed by atoms with Crippen LogP contribution in [0.2, 0.25) is 0 Å². The van der Waals surface area contributed by atoms with Gasteiger partial charge in [-0.1, -0.05) is 13.8 Å². The van der Waals surface area contributed by atoms with Gasteiger partial charge in [-0.25, -0.2) is 9.78 Å². The summed E-state index contributed by atoms with van der Waals surface area (Å²) in [7, 11) is 1.38. The molecule has 0 radical (unpaired) electrons. The maximum absolute atomic E-state index is 13.2. The average molecular weight is 901 g/mol. The summed E-state index contributed by atoms with van der Waals surface area (Å²) in [6.45, 7) is 18.9. The molecule has 1 unspecified atom stereocenters. The van der Waals surface area contributed by atoms with E-state index in [4.69, 9.17) is 47.9 Å². The molecule has 3 aliphatic heterocycles. The Labute approximate surface area is 377 Å². The van der Waals surface area contributed by atoms with Crippen LogP contribution in [0, 0.1) is 20.8 Å². The molecule has 350 valence electrons. The highest BCUT2D eigenvalue weighted by molar-refractivity contribution is 6.25. The summed E-state index contributed by atoms with van der Waals surface area (Å²) in [6.07, 6.45) is -4.96. The average Bonchev–Trinajstić information content (AvgIpc) is 3.95. The van der Waals surface area contributed by atoms with Gasteiger partial charge in [0.15, 0.2) is 24.6 Å². The van der Waals surface area contributed by atoms with Gasteiger partial charge in [0.2, 0.25) is 0 Å². The Bertz CT molecular complexity index is 2560. The van der Waals surface area contributed by atoms with Gasteiger partial charge < -0.3 is 47.9 Å². The third-order valence-corrected chi connectivity index (χ3v) is 12.0. The molecule has 7 atom stereocenters. The minimum Gasteiger partial charge on any atom is -0.465 e. The lowest BCUT2D eigenvalue weighted by atomic mass is 9.98. The number of nitrogens with one attached hydrogen (secondary N) is 2. The number of carbonyl (C=O) groups excluding carboxylic acids is 5. The van der Waals surface area contributed by atoms with E-state index < -0.39 is 66.7 Å². The predicted molar refractivity (Wildman–Crippen MR) is 238 cm³/mol. The standard InChI is InChI=1S/C48H60N4O13/c1-13-32-23(3)35-20-39-41(24(4)36(51-39)18-33-22(2)17-34(49-33)26(6)43-42(47(57)58-12)25(5)37(52-43)19-38(32)50-35)27(7)59-15-14-16-60-48-46(64-31(11)56)45(63-30(10)55)44(62-29(9)54)40(65-48)21-61-28(8)53/h18-20,22,27,40,44-46,48,50-51H,13-17,21H2,1-12H3/t22-,27?,40+,44+,45-,46+,48+/m0/s1. The van der Waals surface area contributed by atoms with Crippen LogP contribution >= 0.6 is 0 Å². The van der Waals surface area contributed by atoms with E-state index in [1.807, 2.05) is 26.8 Å². The maximum Gasteiger partial charge on any atom is 0.340 e. The van der Waals surface area contributed by atoms with E-state index in [9.17, 15) is 24.0 Å². The first-order chi connectivity index (χ1) is 30.8. The van der Waals surface area contributed by atoms with E-state index in [-0.39, 0.29) is 25.7 Å². The van der Waals surface area contributed by atoms with Crippen molar-refractivity contribution >= 4 is 63.1 Å². The first-order valence-corrected chi connectivity index (χ1v) is 21.9. The number of fused-ring (bicyclic) bond motifs is 8. The van der Waals surface area contributed by atoms with Gasteiger partial charge in [-0.15, -0.1) is 0 Å². The van der Waals surface area contributed by atoms with Gasteiger partial charge in [0.1, 0.15) is 12.7 Å². The lowest BCUT2D eigenvalue weighted by Crippen LogP contribution is -2.63. The molecule has 0 amide bonds. The van der Waals surface area contributed by atoms with Crippen LogP contribution < -0.4 is 0 Å². The lowest BCUT2D eigenvalue weighted by Gasteiger charge is -2.44. The topological polar surface area (TPSA) is 217 Å². The molecular formula is C48H60N4O13. The molecule has 65 heavy (non-hydrogen) atoms. The third kappa shape index (κ3) is 10.6. The number of hydrogen-bond donors (Lipinski definition) is 2. The number of nitrogens with zero attached hydrogens (tertiary/aromatic N) is 2. The number of ether oxygens (including phenoxy) is 8. The molecule has 0 spiro atoms. The smallest absolute Gasteiger partial charge is 0.340 e. The monoisotopic (exact) mass is 900 g/mol. The Hall–Kier alpha value is -5.91. The summed E-state index contributed by atoms with van der Waals surface area (Å²) in [5, 5.41) is 0. The molecule has 0 aliphatic carbocycles. The Morgan fingerprint density at radius 2 is 1.43 bits per heavy atom. The second-order valence-corrected chi connectivity index (χ2v) is 16.7. The van der Waals surface area contributed by atoms with Crippen LogP contribution in [0.1, 0.15) is 124 Å². The Morgan fingerprint density at radius 3 is 2.08 bits per heavy atom. The predicted octanol–water partition coefficient (Wildman–Crippen LogP) is 6.82. The molecule has 1 saturated heterocycles. The molecule has 1 fully saturated rings. The van der Waals surface area contributed by atoms with E-state index in [1.54, 1.807) is 0 Å². The highest BCUT2D eigenvalue weighted by Gasteiger charge is 2.52. The molecular weight excluding hydrogens is 841 g/mol. The van der Waals surface area contributed by atoms with E-state index in [0.29, 0.717) is 29.8 Å². The first-order valence-electron chi connectivity index (χ1n) is 21.9. The normalized spacial score (nSPS) is 21.1. The Morgan fingerprint density at radius 1 is 0.785 bits per heavy atom. The van der Waals surface area contributed by atoms with Gasteiger partial charge in [-0.3, -0.25) is 24.2 Å². The fourth-order valence-electron chi connectivity index (χ4n) is 8.77. The van der Waals surface area contributed by atoms with Gasteiger partial charge in [0.05, 0.1) is 36.8 Å².